The Morgan fingerprint density at radius 3 is 2.50 bits per heavy atom. The molecular formula is C28H36FN5O4. The smallest absolute Gasteiger partial charge is 0.415 e. The number of nitrogens with zero attached hydrogens (tertiary/aromatic N) is 4. The summed E-state index contributed by atoms with van der Waals surface area (Å²) in [6.45, 7) is 16.3. The average molecular weight is 526 g/mol. The number of aryl methyl sites for hydroxylation is 2. The van der Waals surface area contributed by atoms with E-state index >= 15 is 0 Å². The number of pyridine rings is 1. The molecule has 2 aromatic rings. The predicted molar refractivity (Wildman–Crippen MR) is 145 cm³/mol. The van der Waals surface area contributed by atoms with Gasteiger partial charge in [-0.1, -0.05) is 32.2 Å². The molecule has 0 spiro atoms. The molecule has 2 rings (SSSR count). The number of hydrazine groups is 1. The van der Waals surface area contributed by atoms with Crippen LogP contribution < -0.4 is 10.2 Å². The van der Waals surface area contributed by atoms with Gasteiger partial charge in [0.2, 0.25) is 5.88 Å². The van der Waals surface area contributed by atoms with Crippen LogP contribution in [0.2, 0.25) is 0 Å². The summed E-state index contributed by atoms with van der Waals surface area (Å²) in [6.07, 6.45) is 1.82. The van der Waals surface area contributed by atoms with Gasteiger partial charge >= 0.3 is 6.09 Å². The predicted octanol–water partition coefficient (Wildman–Crippen LogP) is 5.47. The van der Waals surface area contributed by atoms with Crippen molar-refractivity contribution in [1.82, 2.24) is 20.3 Å². The molecule has 0 radical (unpaired) electrons. The fourth-order valence-electron chi connectivity index (χ4n) is 3.29. The van der Waals surface area contributed by atoms with E-state index in [0.29, 0.717) is 18.1 Å². The molecule has 2 amide bonds. The highest BCUT2D eigenvalue weighted by Crippen LogP contribution is 2.25. The number of carbonyl (C=O) groups is 2. The van der Waals surface area contributed by atoms with E-state index in [2.05, 4.69) is 28.6 Å². The Morgan fingerprint density at radius 2 is 1.89 bits per heavy atom. The summed E-state index contributed by atoms with van der Waals surface area (Å²) in [5, 5.41) is 1.13. The number of rotatable bonds is 11. The van der Waals surface area contributed by atoms with Crippen molar-refractivity contribution in [2.45, 2.75) is 53.1 Å². The number of nitrogens with one attached hydrogen (secondary N) is 1. The second kappa shape index (κ2) is 13.4. The number of halogens is 1. The number of aromatic nitrogens is 1. The monoisotopic (exact) mass is 525 g/mol. The van der Waals surface area contributed by atoms with Crippen LogP contribution >= 0.6 is 0 Å². The molecule has 9 nitrogen and oxygen atoms in total. The first kappa shape index (κ1) is 30.0. The summed E-state index contributed by atoms with van der Waals surface area (Å²) in [4.78, 5) is 34.3. The maximum absolute atomic E-state index is 13.0. The Kier molecular flexibility index (Phi) is 10.6. The molecule has 1 N–H and O–H groups in total. The molecule has 0 aliphatic heterocycles. The molecule has 0 atom stereocenters. The maximum atomic E-state index is 13.0. The second-order valence-corrected chi connectivity index (χ2v) is 9.50. The third-order valence-corrected chi connectivity index (χ3v) is 5.08. The second-order valence-electron chi connectivity index (χ2n) is 9.50. The molecule has 1 aromatic carbocycles. The van der Waals surface area contributed by atoms with Crippen molar-refractivity contribution in [3.63, 3.8) is 0 Å². The first-order valence-corrected chi connectivity index (χ1v) is 12.1. The van der Waals surface area contributed by atoms with Gasteiger partial charge in [-0.3, -0.25) is 20.1 Å². The lowest BCUT2D eigenvalue weighted by Gasteiger charge is -2.27. The van der Waals surface area contributed by atoms with Gasteiger partial charge in [0.05, 0.1) is 0 Å². The summed E-state index contributed by atoms with van der Waals surface area (Å²) in [5.74, 6) is -0.957. The lowest BCUT2D eigenvalue weighted by Crippen LogP contribution is -2.39. The number of hydrogen-bond donors (Lipinski definition) is 1. The minimum absolute atomic E-state index is 0.0776. The minimum atomic E-state index is -1.14. The zero-order chi connectivity index (χ0) is 28.5. The summed E-state index contributed by atoms with van der Waals surface area (Å²) < 4.78 is 24.5. The molecule has 0 saturated carbocycles. The third kappa shape index (κ3) is 9.68. The van der Waals surface area contributed by atoms with Gasteiger partial charge < -0.3 is 9.47 Å². The SMILES string of the molecule is C=C(F)C(=O)NN(C)/C=N\C(=C)N(CCc1cc(Oc2cccc(C)n2)ccc1CC)C(=O)OC(C)(C)C. The lowest BCUT2D eigenvalue weighted by molar-refractivity contribution is -0.121. The quantitative estimate of drug-likeness (QED) is 0.181. The average Bonchev–Trinajstić information content (AvgIpc) is 2.82. The van der Waals surface area contributed by atoms with E-state index in [-0.39, 0.29) is 12.4 Å². The van der Waals surface area contributed by atoms with Crippen LogP contribution in [0.1, 0.15) is 44.5 Å². The largest absolute Gasteiger partial charge is 0.443 e. The van der Waals surface area contributed by atoms with E-state index in [1.165, 1.54) is 18.3 Å². The number of hydrogen-bond acceptors (Lipinski definition) is 6. The number of ether oxygens (including phenoxy) is 2. The summed E-state index contributed by atoms with van der Waals surface area (Å²) >= 11 is 0. The van der Waals surface area contributed by atoms with Crippen LogP contribution in [0, 0.1) is 6.92 Å². The van der Waals surface area contributed by atoms with E-state index in [1.807, 2.05) is 44.2 Å². The van der Waals surface area contributed by atoms with Crippen molar-refractivity contribution >= 4 is 18.3 Å². The summed E-state index contributed by atoms with van der Waals surface area (Å²) in [7, 11) is 1.44. The van der Waals surface area contributed by atoms with Gasteiger partial charge in [-0.25, -0.2) is 19.2 Å². The highest BCUT2D eigenvalue weighted by Gasteiger charge is 2.24. The lowest BCUT2D eigenvalue weighted by atomic mass is 10.0. The van der Waals surface area contributed by atoms with E-state index in [1.54, 1.807) is 26.8 Å². The highest BCUT2D eigenvalue weighted by molar-refractivity contribution is 5.90. The molecule has 0 saturated heterocycles. The number of aliphatic imine (C=N–C) groups is 1. The van der Waals surface area contributed by atoms with Crippen LogP contribution in [0.4, 0.5) is 9.18 Å². The molecule has 0 bridgehead atoms. The van der Waals surface area contributed by atoms with Crippen LogP contribution in [0.15, 0.2) is 66.2 Å². The first-order valence-electron chi connectivity index (χ1n) is 12.1. The van der Waals surface area contributed by atoms with Crippen LogP contribution in [0.3, 0.4) is 0 Å². The van der Waals surface area contributed by atoms with E-state index in [4.69, 9.17) is 9.47 Å². The Balaban J connectivity index is 2.24. The molecule has 204 valence electrons. The molecular weight excluding hydrogens is 489 g/mol. The van der Waals surface area contributed by atoms with Gasteiger partial charge in [0.15, 0.2) is 5.83 Å². The molecule has 10 heteroatoms. The van der Waals surface area contributed by atoms with Crippen molar-refractivity contribution < 1.29 is 23.5 Å². The normalized spacial score (nSPS) is 11.1. The molecule has 0 aliphatic rings. The van der Waals surface area contributed by atoms with Gasteiger partial charge in [-0.05, 0) is 69.9 Å². The van der Waals surface area contributed by atoms with Crippen molar-refractivity contribution in [2.24, 2.45) is 4.99 Å². The Morgan fingerprint density at radius 1 is 1.18 bits per heavy atom. The van der Waals surface area contributed by atoms with Gasteiger partial charge in [0.25, 0.3) is 5.91 Å². The van der Waals surface area contributed by atoms with Crippen LogP contribution in [0.5, 0.6) is 11.6 Å². The summed E-state index contributed by atoms with van der Waals surface area (Å²) in [6, 6.07) is 11.4. The number of benzene rings is 1. The fraction of sp³-hybridized carbons (Fsp3) is 0.357. The third-order valence-electron chi connectivity index (χ3n) is 5.08. The molecule has 38 heavy (non-hydrogen) atoms. The van der Waals surface area contributed by atoms with E-state index < -0.39 is 23.4 Å². The Hall–Kier alpha value is -4.21. The van der Waals surface area contributed by atoms with Crippen LogP contribution in [0.25, 0.3) is 0 Å². The zero-order valence-corrected chi connectivity index (χ0v) is 22.9. The standard InChI is InChI=1S/C28H36FN5O4/c1-9-22-13-14-24(37-25-12-10-11-19(2)31-25)17-23(22)15-16-34(27(36)38-28(5,6)7)21(4)30-18-33(8)32-26(35)20(3)29/h10-14,17-18H,3-4,9,15-16H2,1-2,5-8H3,(H,32,35)/b30-18-. The van der Waals surface area contributed by atoms with Crippen molar-refractivity contribution in [1.29, 1.82) is 0 Å². The molecule has 0 unspecified atom stereocenters. The van der Waals surface area contributed by atoms with E-state index in [0.717, 1.165) is 28.3 Å². The Labute approximate surface area is 223 Å². The molecule has 1 aromatic heterocycles. The maximum Gasteiger partial charge on any atom is 0.415 e. The van der Waals surface area contributed by atoms with Gasteiger partial charge in [-0.15, -0.1) is 0 Å². The molecule has 0 aliphatic carbocycles. The van der Waals surface area contributed by atoms with Crippen LogP contribution in [-0.2, 0) is 22.4 Å². The zero-order valence-electron chi connectivity index (χ0n) is 22.9. The number of amides is 2. The van der Waals surface area contributed by atoms with Gasteiger partial charge in [-0.2, -0.15) is 0 Å². The van der Waals surface area contributed by atoms with Crippen LogP contribution in [-0.4, -0.2) is 52.4 Å². The topological polar surface area (TPSA) is 96.4 Å². The summed E-state index contributed by atoms with van der Waals surface area (Å²) in [5.41, 5.74) is 4.40. The van der Waals surface area contributed by atoms with Crippen molar-refractivity contribution in [2.75, 3.05) is 13.6 Å². The fourth-order valence-corrected chi connectivity index (χ4v) is 3.29. The van der Waals surface area contributed by atoms with Crippen molar-refractivity contribution in [3.8, 4) is 11.6 Å². The van der Waals surface area contributed by atoms with Gasteiger partial charge in [0.1, 0.15) is 23.5 Å². The van der Waals surface area contributed by atoms with Gasteiger partial charge in [0, 0.05) is 25.4 Å². The first-order chi connectivity index (χ1) is 17.8. The van der Waals surface area contributed by atoms with Crippen molar-refractivity contribution in [3.05, 3.63) is 78.0 Å². The highest BCUT2D eigenvalue weighted by atomic mass is 19.1. The van der Waals surface area contributed by atoms with E-state index in [9.17, 15) is 14.0 Å². The minimum Gasteiger partial charge on any atom is -0.443 e. The Bertz CT molecular complexity index is 1210. The molecule has 1 heterocycles. The molecule has 0 fully saturated rings. The number of carbonyl (C=O) groups excluding carboxylic acids is 2.